The molecular weight excluding hydrogens is 564 g/mol. The number of nitrogens with one attached hydrogen (secondary N) is 1. The number of aliphatic hydroxyl groups excluding tert-OH is 1. The van der Waals surface area contributed by atoms with Crippen LogP contribution in [0.3, 0.4) is 0 Å². The maximum Gasteiger partial charge on any atom is 0.323 e. The van der Waals surface area contributed by atoms with Crippen molar-refractivity contribution in [2.24, 2.45) is 0 Å². The predicted octanol–water partition coefficient (Wildman–Crippen LogP) is 2.32. The Morgan fingerprint density at radius 3 is 2.73 bits per heavy atom. The lowest BCUT2D eigenvalue weighted by atomic mass is 9.98. The van der Waals surface area contributed by atoms with Crippen LogP contribution in [0, 0.1) is 0 Å². The minimum Gasteiger partial charge on any atom is -0.465 e. The molecule has 1 fully saturated rings. The van der Waals surface area contributed by atoms with E-state index in [2.05, 4.69) is 20.0 Å². The quantitative estimate of drug-likeness (QED) is 0.219. The first-order chi connectivity index (χ1) is 18.9. The Balaban J connectivity index is 1.58. The van der Waals surface area contributed by atoms with Gasteiger partial charge in [-0.3, -0.25) is 9.36 Å². The number of para-hydroxylation sites is 1. The number of ether oxygens (including phenoxy) is 2. The van der Waals surface area contributed by atoms with Gasteiger partial charge in [0.15, 0.2) is 28.9 Å². The Bertz CT molecular complexity index is 1390. The van der Waals surface area contributed by atoms with Crippen molar-refractivity contribution < 1.29 is 32.8 Å². The van der Waals surface area contributed by atoms with Crippen LogP contribution in [0.1, 0.15) is 27.0 Å². The van der Waals surface area contributed by atoms with Crippen LogP contribution < -0.4 is 20.2 Å². The first kappa shape index (κ1) is 30.0. The highest BCUT2D eigenvalue weighted by Crippen LogP contribution is 2.48. The zero-order valence-corrected chi connectivity index (χ0v) is 24.4. The molecule has 0 saturated carbocycles. The Labute approximate surface area is 236 Å². The molecule has 0 radical (unpaired) electrons. The number of esters is 1. The van der Waals surface area contributed by atoms with E-state index in [0.29, 0.717) is 17.1 Å². The van der Waals surface area contributed by atoms with Gasteiger partial charge in [-0.2, -0.15) is 9.97 Å². The van der Waals surface area contributed by atoms with Gasteiger partial charge in [0.1, 0.15) is 24.0 Å². The predicted molar refractivity (Wildman–Crippen MR) is 150 cm³/mol. The summed E-state index contributed by atoms with van der Waals surface area (Å²) in [5, 5.41) is 13.8. The summed E-state index contributed by atoms with van der Waals surface area (Å²) in [5.41, 5.74) is 4.23. The fourth-order valence-corrected chi connectivity index (χ4v) is 6.61. The van der Waals surface area contributed by atoms with Crippen LogP contribution in [0.4, 0.5) is 16.2 Å². The molecule has 3 heterocycles. The molecule has 4 N–H and O–H groups in total. The molecule has 2 aromatic heterocycles. The molecule has 16 heteroatoms. The maximum atomic E-state index is 16.0. The number of nitrogens with zero attached hydrogens (tertiary/aromatic N) is 5. The number of carbonyl (C=O) groups excluding carboxylic acids is 1. The van der Waals surface area contributed by atoms with Crippen LogP contribution in [0.2, 0.25) is 0 Å². The van der Waals surface area contributed by atoms with Crippen LogP contribution in [0.25, 0.3) is 11.2 Å². The van der Waals surface area contributed by atoms with Crippen molar-refractivity contribution in [1.82, 2.24) is 24.6 Å². The number of nitrogen functional groups attached to an aromatic ring is 1. The molecule has 6 atom stereocenters. The smallest absolute Gasteiger partial charge is 0.323 e. The fraction of sp³-hybridized carbons (Fsp3) is 0.500. The van der Waals surface area contributed by atoms with Gasteiger partial charge in [0.2, 0.25) is 5.95 Å². The van der Waals surface area contributed by atoms with Crippen molar-refractivity contribution >= 4 is 47.3 Å². The first-order valence-corrected chi connectivity index (χ1v) is 15.1. The summed E-state index contributed by atoms with van der Waals surface area (Å²) in [6, 6.07) is 7.79. The molecule has 13 nitrogen and oxygen atoms in total. The normalized spacial score (nSPS) is 24.9. The largest absolute Gasteiger partial charge is 0.465 e. The first-order valence-electron chi connectivity index (χ1n) is 12.5. The van der Waals surface area contributed by atoms with E-state index in [1.807, 2.05) is 0 Å². The van der Waals surface area contributed by atoms with Crippen molar-refractivity contribution in [2.45, 2.75) is 50.9 Å². The van der Waals surface area contributed by atoms with E-state index in [9.17, 15) is 9.90 Å². The van der Waals surface area contributed by atoms with E-state index < -0.39 is 42.8 Å². The standard InChI is InChI=1S/C24H33FN7O6PS/c1-6-35-21(34)14(2)30-39(40,38-15-10-8-7-9-11-15)36-12-16-18(33)24(3,25)22(37-16)32-13-27-17-19(31(4)5)28-23(26)29-20(17)32/h7-11,13-14,16,18,22,33H,6,12H2,1-5H3,(H,30,40)(H2,26,28,29)/t14-,16-,18-,22-,24-,39?/m1/s1. The number of aromatic nitrogens is 4. The van der Waals surface area contributed by atoms with Gasteiger partial charge in [0.25, 0.3) is 0 Å². The van der Waals surface area contributed by atoms with E-state index in [-0.39, 0.29) is 24.8 Å². The lowest BCUT2D eigenvalue weighted by molar-refractivity contribution is -0.144. The fourth-order valence-electron chi connectivity index (χ4n) is 4.19. The lowest BCUT2D eigenvalue weighted by Gasteiger charge is -2.28. The molecule has 1 unspecified atom stereocenters. The molecule has 0 aliphatic carbocycles. The van der Waals surface area contributed by atoms with Crippen LogP contribution in [0.5, 0.6) is 5.75 Å². The van der Waals surface area contributed by atoms with E-state index in [1.54, 1.807) is 63.2 Å². The number of alkyl halides is 1. The average molecular weight is 598 g/mol. The SMILES string of the molecule is CCOC(=O)[C@@H](C)NP(=S)(OC[C@H]1O[C@@H](n2cnc3c(N(C)C)nc(N)nc32)[C@](C)(F)[C@@H]1O)Oc1ccccc1. The number of aliphatic hydroxyl groups is 1. The molecule has 0 bridgehead atoms. The highest BCUT2D eigenvalue weighted by atomic mass is 32.5. The van der Waals surface area contributed by atoms with Crippen molar-refractivity contribution in [1.29, 1.82) is 0 Å². The van der Waals surface area contributed by atoms with Gasteiger partial charge in [-0.1, -0.05) is 18.2 Å². The highest BCUT2D eigenvalue weighted by molar-refractivity contribution is 8.09. The number of hydrogen-bond acceptors (Lipinski definition) is 12. The summed E-state index contributed by atoms with van der Waals surface area (Å²) in [6.45, 7) is 0.860. The molecule has 1 saturated heterocycles. The van der Waals surface area contributed by atoms with Gasteiger partial charge in [0, 0.05) is 14.1 Å². The summed E-state index contributed by atoms with van der Waals surface area (Å²) in [4.78, 5) is 26.7. The number of imidazole rings is 1. The van der Waals surface area contributed by atoms with E-state index >= 15 is 4.39 Å². The molecule has 0 amide bonds. The number of hydrogen-bond donors (Lipinski definition) is 3. The van der Waals surface area contributed by atoms with Crippen LogP contribution in [-0.2, 0) is 30.6 Å². The number of anilines is 2. The highest BCUT2D eigenvalue weighted by Gasteiger charge is 2.56. The summed E-state index contributed by atoms with van der Waals surface area (Å²) in [5.74, 6) is 0.267. The summed E-state index contributed by atoms with van der Waals surface area (Å²) < 4.78 is 40.4. The van der Waals surface area contributed by atoms with E-state index in [1.165, 1.54) is 17.8 Å². The summed E-state index contributed by atoms with van der Waals surface area (Å²) >= 11 is 5.69. The topological polar surface area (TPSA) is 159 Å². The van der Waals surface area contributed by atoms with Crippen LogP contribution in [-0.4, -0.2) is 81.8 Å². The van der Waals surface area contributed by atoms with Gasteiger partial charge in [-0.15, -0.1) is 0 Å². The number of nitrogens with two attached hydrogens (primary N) is 1. The van der Waals surface area contributed by atoms with Crippen LogP contribution in [0.15, 0.2) is 36.7 Å². The van der Waals surface area contributed by atoms with Gasteiger partial charge < -0.3 is 34.3 Å². The molecule has 0 spiro atoms. The minimum atomic E-state index is -3.43. The molecule has 218 valence electrons. The minimum absolute atomic E-state index is 0.0301. The van der Waals surface area contributed by atoms with Gasteiger partial charge in [-0.05, 0) is 44.7 Å². The van der Waals surface area contributed by atoms with Crippen molar-refractivity contribution in [2.75, 3.05) is 37.9 Å². The van der Waals surface area contributed by atoms with Gasteiger partial charge in [0.05, 0.1) is 19.5 Å². The number of benzene rings is 1. The number of carbonyl (C=O) groups is 1. The zero-order chi connectivity index (χ0) is 29.2. The zero-order valence-electron chi connectivity index (χ0n) is 22.7. The Morgan fingerprint density at radius 1 is 1.38 bits per heavy atom. The van der Waals surface area contributed by atoms with E-state index in [0.717, 1.165) is 0 Å². The molecule has 3 aromatic rings. The average Bonchev–Trinajstić information content (AvgIpc) is 3.40. The molecular formula is C24H33FN7O6PS. The monoisotopic (exact) mass is 597 g/mol. The second-order valence-corrected chi connectivity index (χ2v) is 12.7. The second kappa shape index (κ2) is 11.9. The van der Waals surface area contributed by atoms with E-state index in [4.69, 9.17) is 36.1 Å². The third kappa shape index (κ3) is 6.19. The van der Waals surface area contributed by atoms with Crippen molar-refractivity contribution in [3.63, 3.8) is 0 Å². The third-order valence-electron chi connectivity index (χ3n) is 6.18. The van der Waals surface area contributed by atoms with Gasteiger partial charge in [-0.25, -0.2) is 14.5 Å². The number of halogens is 1. The van der Waals surface area contributed by atoms with Crippen LogP contribution >= 0.6 is 6.64 Å². The Hall–Kier alpha value is -2.94. The Morgan fingerprint density at radius 2 is 2.08 bits per heavy atom. The molecule has 1 aliphatic heterocycles. The molecule has 1 aromatic carbocycles. The lowest BCUT2D eigenvalue weighted by Crippen LogP contribution is -2.41. The summed E-state index contributed by atoms with van der Waals surface area (Å²) in [7, 11) is 3.53. The molecule has 4 rings (SSSR count). The van der Waals surface area contributed by atoms with Crippen molar-refractivity contribution in [3.8, 4) is 5.75 Å². The Kier molecular flexibility index (Phi) is 8.93. The maximum absolute atomic E-state index is 16.0. The second-order valence-electron chi connectivity index (χ2n) is 9.55. The number of fused-ring (bicyclic) bond motifs is 1. The number of rotatable bonds is 11. The third-order valence-corrected chi connectivity index (χ3v) is 8.68. The van der Waals surface area contributed by atoms with Crippen molar-refractivity contribution in [3.05, 3.63) is 36.7 Å². The summed E-state index contributed by atoms with van der Waals surface area (Å²) in [6.07, 6.45) is -2.75. The van der Waals surface area contributed by atoms with Gasteiger partial charge >= 0.3 is 12.6 Å². The molecule has 40 heavy (non-hydrogen) atoms. The molecule has 1 aliphatic rings.